The molecule has 1 N–H and O–H groups in total. The van der Waals surface area contributed by atoms with Crippen LogP contribution in [0.3, 0.4) is 0 Å². The van der Waals surface area contributed by atoms with Gasteiger partial charge in [-0.15, -0.1) is 0 Å². The predicted molar refractivity (Wildman–Crippen MR) is 79.6 cm³/mol. The maximum atomic E-state index is 10.9. The fourth-order valence-electron chi connectivity index (χ4n) is 3.58. The van der Waals surface area contributed by atoms with Crippen LogP contribution in [0.4, 0.5) is 0 Å². The molecule has 0 aromatic heterocycles. The summed E-state index contributed by atoms with van der Waals surface area (Å²) in [6.45, 7) is 15.2. The second-order valence-corrected chi connectivity index (χ2v) is 7.78. The van der Waals surface area contributed by atoms with Gasteiger partial charge in [0.2, 0.25) is 0 Å². The SMILES string of the molecule is C=C(C)C(C)(CC(C)(C)C)C(O)C1CCCCC1. The standard InChI is InChI=1S/C17H32O/c1-13(2)17(6,12-16(3,4)5)15(18)14-10-8-7-9-11-14/h14-15,18H,1,7-12H2,2-6H3. The molecular weight excluding hydrogens is 220 g/mol. The minimum Gasteiger partial charge on any atom is -0.392 e. The lowest BCUT2D eigenvalue weighted by Crippen LogP contribution is -2.42. The summed E-state index contributed by atoms with van der Waals surface area (Å²) < 4.78 is 0. The molecule has 1 aliphatic rings. The Morgan fingerprint density at radius 2 is 1.67 bits per heavy atom. The molecule has 106 valence electrons. The van der Waals surface area contributed by atoms with E-state index < -0.39 is 0 Å². The zero-order valence-corrected chi connectivity index (χ0v) is 13.1. The Balaban J connectivity index is 2.85. The lowest BCUT2D eigenvalue weighted by atomic mass is 9.63. The van der Waals surface area contributed by atoms with E-state index in [0.717, 1.165) is 12.0 Å². The van der Waals surface area contributed by atoms with Gasteiger partial charge in [-0.05, 0) is 37.5 Å². The van der Waals surface area contributed by atoms with Crippen molar-refractivity contribution in [3.05, 3.63) is 12.2 Å². The van der Waals surface area contributed by atoms with E-state index >= 15 is 0 Å². The van der Waals surface area contributed by atoms with E-state index in [4.69, 9.17) is 0 Å². The summed E-state index contributed by atoms with van der Waals surface area (Å²) in [7, 11) is 0. The highest BCUT2D eigenvalue weighted by Crippen LogP contribution is 2.45. The van der Waals surface area contributed by atoms with Crippen LogP contribution in [-0.4, -0.2) is 11.2 Å². The topological polar surface area (TPSA) is 20.2 Å². The van der Waals surface area contributed by atoms with Crippen LogP contribution in [0.15, 0.2) is 12.2 Å². The fraction of sp³-hybridized carbons (Fsp3) is 0.882. The highest BCUT2D eigenvalue weighted by Gasteiger charge is 2.41. The fourth-order valence-corrected chi connectivity index (χ4v) is 3.58. The predicted octanol–water partition coefficient (Wildman–Crippen LogP) is 4.95. The second-order valence-electron chi connectivity index (χ2n) is 7.78. The molecule has 0 radical (unpaired) electrons. The number of hydrogen-bond acceptors (Lipinski definition) is 1. The van der Waals surface area contributed by atoms with Crippen molar-refractivity contribution in [3.8, 4) is 0 Å². The largest absolute Gasteiger partial charge is 0.392 e. The first-order valence-electron chi connectivity index (χ1n) is 7.51. The van der Waals surface area contributed by atoms with Crippen LogP contribution < -0.4 is 0 Å². The van der Waals surface area contributed by atoms with Gasteiger partial charge in [-0.25, -0.2) is 0 Å². The zero-order valence-electron chi connectivity index (χ0n) is 13.1. The molecule has 1 heteroatoms. The third-order valence-corrected chi connectivity index (χ3v) is 4.62. The molecule has 2 atom stereocenters. The summed E-state index contributed by atoms with van der Waals surface area (Å²) in [6, 6.07) is 0. The van der Waals surface area contributed by atoms with Crippen LogP contribution in [0.5, 0.6) is 0 Å². The Morgan fingerprint density at radius 1 is 1.17 bits per heavy atom. The number of hydrogen-bond donors (Lipinski definition) is 1. The third-order valence-electron chi connectivity index (χ3n) is 4.62. The maximum absolute atomic E-state index is 10.9. The average molecular weight is 252 g/mol. The molecule has 0 aromatic carbocycles. The van der Waals surface area contributed by atoms with Crippen LogP contribution in [-0.2, 0) is 0 Å². The first-order chi connectivity index (χ1) is 8.17. The molecule has 0 aliphatic heterocycles. The van der Waals surface area contributed by atoms with E-state index in [9.17, 15) is 5.11 Å². The van der Waals surface area contributed by atoms with E-state index in [0.29, 0.717) is 5.92 Å². The van der Waals surface area contributed by atoms with Crippen LogP contribution in [0.2, 0.25) is 0 Å². The van der Waals surface area contributed by atoms with Gasteiger partial charge in [0.1, 0.15) is 0 Å². The molecule has 0 saturated heterocycles. The molecule has 1 rings (SSSR count). The van der Waals surface area contributed by atoms with E-state index in [1.165, 1.54) is 32.1 Å². The quantitative estimate of drug-likeness (QED) is 0.702. The average Bonchev–Trinajstić information content (AvgIpc) is 2.26. The molecule has 0 spiro atoms. The van der Waals surface area contributed by atoms with Crippen LogP contribution in [0.25, 0.3) is 0 Å². The van der Waals surface area contributed by atoms with Gasteiger partial charge < -0.3 is 5.11 Å². The van der Waals surface area contributed by atoms with Gasteiger partial charge in [0, 0.05) is 5.41 Å². The van der Waals surface area contributed by atoms with E-state index in [1.807, 2.05) is 0 Å². The number of aliphatic hydroxyl groups excluding tert-OH is 1. The van der Waals surface area contributed by atoms with Gasteiger partial charge in [0.15, 0.2) is 0 Å². The Labute approximate surface area is 114 Å². The summed E-state index contributed by atoms with van der Waals surface area (Å²) in [4.78, 5) is 0. The zero-order chi connectivity index (χ0) is 14.0. The van der Waals surface area contributed by atoms with E-state index in [2.05, 4.69) is 41.2 Å². The van der Waals surface area contributed by atoms with Crippen LogP contribution >= 0.6 is 0 Å². The number of rotatable bonds is 4. The van der Waals surface area contributed by atoms with Crippen molar-refractivity contribution in [1.82, 2.24) is 0 Å². The first kappa shape index (κ1) is 15.8. The molecule has 2 unspecified atom stereocenters. The van der Waals surface area contributed by atoms with Crippen LogP contribution in [0, 0.1) is 16.7 Å². The highest BCUT2D eigenvalue weighted by molar-refractivity contribution is 5.11. The molecule has 18 heavy (non-hydrogen) atoms. The normalized spacial score (nSPS) is 23.4. The molecular formula is C17H32O. The maximum Gasteiger partial charge on any atom is 0.0658 e. The summed E-state index contributed by atoms with van der Waals surface area (Å²) in [5, 5.41) is 10.9. The van der Waals surface area contributed by atoms with Gasteiger partial charge in [0.25, 0.3) is 0 Å². The van der Waals surface area contributed by atoms with Gasteiger partial charge in [-0.1, -0.05) is 59.1 Å². The third kappa shape index (κ3) is 3.85. The lowest BCUT2D eigenvalue weighted by Gasteiger charge is -2.44. The molecule has 0 heterocycles. The first-order valence-corrected chi connectivity index (χ1v) is 7.51. The van der Waals surface area contributed by atoms with Crippen molar-refractivity contribution in [1.29, 1.82) is 0 Å². The molecule has 0 bridgehead atoms. The minimum atomic E-state index is -0.227. The van der Waals surface area contributed by atoms with Crippen molar-refractivity contribution < 1.29 is 5.11 Å². The minimum absolute atomic E-state index is 0.139. The van der Waals surface area contributed by atoms with Gasteiger partial charge in [-0.3, -0.25) is 0 Å². The Kier molecular flexibility index (Phi) is 5.05. The molecule has 1 aliphatic carbocycles. The Hall–Kier alpha value is -0.300. The van der Waals surface area contributed by atoms with Gasteiger partial charge in [-0.2, -0.15) is 0 Å². The van der Waals surface area contributed by atoms with Gasteiger partial charge in [0.05, 0.1) is 6.10 Å². The Morgan fingerprint density at radius 3 is 2.06 bits per heavy atom. The van der Waals surface area contributed by atoms with E-state index in [1.54, 1.807) is 0 Å². The monoisotopic (exact) mass is 252 g/mol. The summed E-state index contributed by atoms with van der Waals surface area (Å²) in [6.07, 6.45) is 7.06. The van der Waals surface area contributed by atoms with Crippen molar-refractivity contribution in [2.75, 3.05) is 0 Å². The van der Waals surface area contributed by atoms with E-state index in [-0.39, 0.29) is 16.9 Å². The molecule has 0 aromatic rings. The van der Waals surface area contributed by atoms with Gasteiger partial charge >= 0.3 is 0 Å². The summed E-state index contributed by atoms with van der Waals surface area (Å²) in [5.41, 5.74) is 1.22. The molecule has 1 nitrogen and oxygen atoms in total. The summed E-state index contributed by atoms with van der Waals surface area (Å²) >= 11 is 0. The molecule has 1 fully saturated rings. The smallest absolute Gasteiger partial charge is 0.0658 e. The lowest BCUT2D eigenvalue weighted by molar-refractivity contribution is -0.0208. The van der Waals surface area contributed by atoms with Crippen LogP contribution in [0.1, 0.15) is 73.1 Å². The number of aliphatic hydroxyl groups is 1. The second kappa shape index (κ2) is 5.77. The highest BCUT2D eigenvalue weighted by atomic mass is 16.3. The van der Waals surface area contributed by atoms with Crippen molar-refractivity contribution in [3.63, 3.8) is 0 Å². The summed E-state index contributed by atoms with van der Waals surface area (Å²) in [5.74, 6) is 0.475. The van der Waals surface area contributed by atoms with Crippen molar-refractivity contribution in [2.24, 2.45) is 16.7 Å². The van der Waals surface area contributed by atoms with Crippen molar-refractivity contribution in [2.45, 2.75) is 79.2 Å². The molecule has 1 saturated carbocycles. The Bertz CT molecular complexity index is 280. The van der Waals surface area contributed by atoms with Crippen molar-refractivity contribution >= 4 is 0 Å². The molecule has 0 amide bonds.